The normalized spacial score (nSPS) is 11.1. The van der Waals surface area contributed by atoms with Gasteiger partial charge in [-0.1, -0.05) is 41.4 Å². The third-order valence-electron chi connectivity index (χ3n) is 2.50. The summed E-state index contributed by atoms with van der Waals surface area (Å²) in [5.41, 5.74) is 1.48. The van der Waals surface area contributed by atoms with Crippen LogP contribution in [0.25, 0.3) is 11.4 Å². The molecule has 0 aliphatic heterocycles. The van der Waals surface area contributed by atoms with E-state index in [2.05, 4.69) is 48.5 Å². The summed E-state index contributed by atoms with van der Waals surface area (Å²) in [7, 11) is 0. The van der Waals surface area contributed by atoms with E-state index in [0.717, 1.165) is 9.26 Å². The summed E-state index contributed by atoms with van der Waals surface area (Å²) < 4.78 is 14.9. The molecule has 19 heavy (non-hydrogen) atoms. The lowest BCUT2D eigenvalue weighted by molar-refractivity contribution is 0.627. The van der Waals surface area contributed by atoms with Gasteiger partial charge in [-0.3, -0.25) is 0 Å². The smallest absolute Gasteiger partial charge is 0.161 e. The second kappa shape index (κ2) is 6.01. The molecule has 0 N–H and O–H groups in total. The van der Waals surface area contributed by atoms with Crippen molar-refractivity contribution in [3.63, 3.8) is 0 Å². The molecule has 0 unspecified atom stereocenters. The molecule has 2 rings (SSSR count). The van der Waals surface area contributed by atoms with E-state index in [0.29, 0.717) is 21.0 Å². The average Bonchev–Trinajstić information content (AvgIpc) is 2.30. The second-order valence-corrected chi connectivity index (χ2v) is 6.70. The number of benzene rings is 1. The minimum absolute atomic E-state index is 0.225. The highest BCUT2D eigenvalue weighted by Crippen LogP contribution is 2.29. The van der Waals surface area contributed by atoms with Crippen molar-refractivity contribution in [3.8, 4) is 11.4 Å². The second-order valence-electron chi connectivity index (χ2n) is 4.35. The van der Waals surface area contributed by atoms with Crippen LogP contribution >= 0.6 is 50.1 Å². The summed E-state index contributed by atoms with van der Waals surface area (Å²) >= 11 is 11.5. The Morgan fingerprint density at radius 3 is 2.53 bits per heavy atom. The molecule has 0 atom stereocenters. The predicted molar refractivity (Wildman–Crippen MR) is 86.9 cm³/mol. The van der Waals surface area contributed by atoms with Crippen LogP contribution in [0.3, 0.4) is 0 Å². The zero-order valence-corrected chi connectivity index (χ0v) is 14.7. The van der Waals surface area contributed by atoms with Crippen LogP contribution in [0.5, 0.6) is 0 Å². The zero-order chi connectivity index (χ0) is 14.2. The van der Waals surface area contributed by atoms with Crippen molar-refractivity contribution in [3.05, 3.63) is 42.9 Å². The molecule has 0 amide bonds. The van der Waals surface area contributed by atoms with Crippen LogP contribution in [0.15, 0.2) is 22.7 Å². The van der Waals surface area contributed by atoms with Gasteiger partial charge >= 0.3 is 0 Å². The Labute approximate surface area is 138 Å². The molecule has 2 aromatic rings. The number of hydrogen-bond acceptors (Lipinski definition) is 2. The van der Waals surface area contributed by atoms with Crippen molar-refractivity contribution in [2.45, 2.75) is 19.8 Å². The first kappa shape index (κ1) is 15.1. The van der Waals surface area contributed by atoms with E-state index in [1.807, 2.05) is 13.8 Å². The zero-order valence-electron chi connectivity index (χ0n) is 10.2. The lowest BCUT2D eigenvalue weighted by Gasteiger charge is -2.11. The van der Waals surface area contributed by atoms with Crippen molar-refractivity contribution in [2.24, 2.45) is 0 Å². The van der Waals surface area contributed by atoms with Gasteiger partial charge in [0.05, 0.1) is 9.26 Å². The molecule has 0 aliphatic carbocycles. The Balaban J connectivity index is 2.62. The Kier molecular flexibility index (Phi) is 4.79. The Morgan fingerprint density at radius 1 is 1.26 bits per heavy atom. The quantitative estimate of drug-likeness (QED) is 0.446. The van der Waals surface area contributed by atoms with Crippen LogP contribution < -0.4 is 0 Å². The van der Waals surface area contributed by atoms with Gasteiger partial charge in [0.25, 0.3) is 0 Å². The van der Waals surface area contributed by atoms with Crippen molar-refractivity contribution in [1.82, 2.24) is 9.97 Å². The summed E-state index contributed by atoms with van der Waals surface area (Å²) in [6.45, 7) is 4.07. The number of nitrogens with zero attached hydrogens (tertiary/aromatic N) is 2. The van der Waals surface area contributed by atoms with E-state index >= 15 is 0 Å². The van der Waals surface area contributed by atoms with E-state index in [4.69, 9.17) is 11.6 Å². The summed E-state index contributed by atoms with van der Waals surface area (Å²) in [5.74, 6) is 0.325. The molecule has 1 aromatic heterocycles. The van der Waals surface area contributed by atoms with Crippen LogP contribution in [-0.2, 0) is 0 Å². The number of rotatable bonds is 2. The Morgan fingerprint density at radius 2 is 1.95 bits per heavy atom. The van der Waals surface area contributed by atoms with Crippen LogP contribution in [0.4, 0.5) is 4.39 Å². The highest BCUT2D eigenvalue weighted by Gasteiger charge is 2.15. The van der Waals surface area contributed by atoms with E-state index in [1.165, 1.54) is 12.1 Å². The molecule has 1 aromatic carbocycles. The van der Waals surface area contributed by atoms with E-state index in [1.54, 1.807) is 6.07 Å². The fourth-order valence-corrected chi connectivity index (χ4v) is 3.14. The van der Waals surface area contributed by atoms with Crippen molar-refractivity contribution < 1.29 is 4.39 Å². The van der Waals surface area contributed by atoms with Gasteiger partial charge in [-0.25, -0.2) is 14.4 Å². The number of halogens is 4. The molecule has 0 radical (unpaired) electrons. The monoisotopic (exact) mass is 454 g/mol. The molecule has 0 spiro atoms. The lowest BCUT2D eigenvalue weighted by atomic mass is 10.1. The fraction of sp³-hybridized carbons (Fsp3) is 0.231. The Hall–Kier alpha value is -0.270. The molecule has 2 nitrogen and oxygen atoms in total. The topological polar surface area (TPSA) is 25.8 Å². The molecule has 1 heterocycles. The molecule has 6 heteroatoms. The van der Waals surface area contributed by atoms with Gasteiger partial charge in [-0.2, -0.15) is 0 Å². The van der Waals surface area contributed by atoms with Crippen molar-refractivity contribution >= 4 is 50.1 Å². The van der Waals surface area contributed by atoms with Crippen LogP contribution in [0.2, 0.25) is 5.15 Å². The van der Waals surface area contributed by atoms with Gasteiger partial charge in [-0.15, -0.1) is 0 Å². The van der Waals surface area contributed by atoms with Crippen molar-refractivity contribution in [2.75, 3.05) is 0 Å². The number of aromatic nitrogens is 2. The van der Waals surface area contributed by atoms with Gasteiger partial charge in [0.15, 0.2) is 5.82 Å². The van der Waals surface area contributed by atoms with E-state index < -0.39 is 0 Å². The fourth-order valence-electron chi connectivity index (χ4n) is 1.63. The summed E-state index contributed by atoms with van der Waals surface area (Å²) in [6.07, 6.45) is 0. The minimum Gasteiger partial charge on any atom is -0.232 e. The van der Waals surface area contributed by atoms with Crippen LogP contribution in [-0.4, -0.2) is 9.97 Å². The van der Waals surface area contributed by atoms with Gasteiger partial charge in [0, 0.05) is 10.0 Å². The molecule has 0 fully saturated rings. The van der Waals surface area contributed by atoms with Crippen molar-refractivity contribution in [1.29, 1.82) is 0 Å². The first-order valence-corrected chi connectivity index (χ1v) is 7.83. The third kappa shape index (κ3) is 3.44. The predicted octanol–water partition coefficient (Wildman–Crippen LogP) is 5.43. The van der Waals surface area contributed by atoms with Crippen LogP contribution in [0, 0.1) is 9.39 Å². The standard InChI is InChI=1S/C13H10BrClFIN2/c1-6(2)11-10(17)12(15)19-13(18-11)7-3-8(14)5-9(16)4-7/h3-6H,1-2H3. The molecule has 0 saturated heterocycles. The molecular formula is C13H10BrClFIN2. The van der Waals surface area contributed by atoms with Gasteiger partial charge in [-0.05, 0) is 46.7 Å². The maximum Gasteiger partial charge on any atom is 0.161 e. The molecule has 0 aliphatic rings. The SMILES string of the molecule is CC(C)c1nc(-c2cc(F)cc(Br)c2)nc(Cl)c1I. The molecular weight excluding hydrogens is 445 g/mol. The first-order chi connectivity index (χ1) is 8.88. The van der Waals surface area contributed by atoms with Gasteiger partial charge in [0.2, 0.25) is 0 Å². The summed E-state index contributed by atoms with van der Waals surface area (Å²) in [6, 6.07) is 4.56. The lowest BCUT2D eigenvalue weighted by Crippen LogP contribution is -2.02. The highest BCUT2D eigenvalue weighted by atomic mass is 127. The molecule has 0 saturated carbocycles. The highest BCUT2D eigenvalue weighted by molar-refractivity contribution is 14.1. The maximum absolute atomic E-state index is 13.4. The van der Waals surface area contributed by atoms with Gasteiger partial charge < -0.3 is 0 Å². The van der Waals surface area contributed by atoms with E-state index in [-0.39, 0.29) is 11.7 Å². The summed E-state index contributed by atoms with van der Waals surface area (Å²) in [5, 5.41) is 0.398. The Bertz CT molecular complexity index is 614. The van der Waals surface area contributed by atoms with E-state index in [9.17, 15) is 4.39 Å². The molecule has 100 valence electrons. The third-order valence-corrected chi connectivity index (χ3v) is 4.62. The van der Waals surface area contributed by atoms with Crippen LogP contribution in [0.1, 0.15) is 25.5 Å². The number of hydrogen-bond donors (Lipinski definition) is 0. The first-order valence-electron chi connectivity index (χ1n) is 5.58. The molecule has 0 bridgehead atoms. The maximum atomic E-state index is 13.4. The minimum atomic E-state index is -0.339. The van der Waals surface area contributed by atoms with Gasteiger partial charge in [0.1, 0.15) is 11.0 Å². The largest absolute Gasteiger partial charge is 0.232 e. The summed E-state index contributed by atoms with van der Waals surface area (Å²) in [4.78, 5) is 8.72. The average molecular weight is 455 g/mol.